The first-order chi connectivity index (χ1) is 13.7. The summed E-state index contributed by atoms with van der Waals surface area (Å²) in [7, 11) is 0. The number of aromatic nitrogens is 4. The van der Waals surface area contributed by atoms with Crippen LogP contribution in [0, 0.1) is 0 Å². The SMILES string of the molecule is O=C(C[C@@H]1CCCCCN1C(=O)c1cccc(-n2cnnn2)c1)c1ccco1. The summed E-state index contributed by atoms with van der Waals surface area (Å²) in [5, 5.41) is 11.1. The van der Waals surface area contributed by atoms with E-state index < -0.39 is 0 Å². The van der Waals surface area contributed by atoms with Gasteiger partial charge in [0, 0.05) is 24.6 Å². The average Bonchev–Trinajstić information content (AvgIpc) is 3.40. The van der Waals surface area contributed by atoms with Gasteiger partial charge in [0.25, 0.3) is 5.91 Å². The zero-order valence-corrected chi connectivity index (χ0v) is 15.4. The van der Waals surface area contributed by atoms with Crippen LogP contribution in [-0.2, 0) is 0 Å². The van der Waals surface area contributed by atoms with E-state index in [9.17, 15) is 9.59 Å². The molecule has 3 heterocycles. The predicted molar refractivity (Wildman–Crippen MR) is 100 cm³/mol. The van der Waals surface area contributed by atoms with Crippen LogP contribution >= 0.6 is 0 Å². The highest BCUT2D eigenvalue weighted by molar-refractivity contribution is 5.97. The summed E-state index contributed by atoms with van der Waals surface area (Å²) in [6, 6.07) is 10.4. The van der Waals surface area contributed by atoms with E-state index in [2.05, 4.69) is 15.5 Å². The summed E-state index contributed by atoms with van der Waals surface area (Å²) in [4.78, 5) is 27.7. The molecule has 1 saturated heterocycles. The molecule has 2 aromatic heterocycles. The number of nitrogens with zero attached hydrogens (tertiary/aromatic N) is 5. The van der Waals surface area contributed by atoms with Crippen LogP contribution in [0.25, 0.3) is 5.69 Å². The van der Waals surface area contributed by atoms with E-state index in [-0.39, 0.29) is 24.2 Å². The number of hydrogen-bond acceptors (Lipinski definition) is 6. The number of hydrogen-bond donors (Lipinski definition) is 0. The van der Waals surface area contributed by atoms with Crippen molar-refractivity contribution in [2.24, 2.45) is 0 Å². The van der Waals surface area contributed by atoms with E-state index in [0.29, 0.717) is 23.6 Å². The molecule has 3 aromatic rings. The first-order valence-electron chi connectivity index (χ1n) is 9.43. The molecule has 0 spiro atoms. The van der Waals surface area contributed by atoms with Gasteiger partial charge in [-0.1, -0.05) is 18.9 Å². The van der Waals surface area contributed by atoms with Gasteiger partial charge in [0.1, 0.15) is 6.33 Å². The quantitative estimate of drug-likeness (QED) is 0.633. The minimum atomic E-state index is -0.135. The van der Waals surface area contributed by atoms with Gasteiger partial charge >= 0.3 is 0 Å². The Morgan fingerprint density at radius 2 is 2.07 bits per heavy atom. The molecule has 1 amide bonds. The van der Waals surface area contributed by atoms with Crippen LogP contribution in [0.2, 0.25) is 0 Å². The van der Waals surface area contributed by atoms with Gasteiger partial charge < -0.3 is 9.32 Å². The van der Waals surface area contributed by atoms with Crippen molar-refractivity contribution >= 4 is 11.7 Å². The van der Waals surface area contributed by atoms with E-state index >= 15 is 0 Å². The normalized spacial score (nSPS) is 17.3. The smallest absolute Gasteiger partial charge is 0.254 e. The van der Waals surface area contributed by atoms with Crippen molar-refractivity contribution in [1.29, 1.82) is 0 Å². The second-order valence-electron chi connectivity index (χ2n) is 6.91. The van der Waals surface area contributed by atoms with Crippen molar-refractivity contribution in [3.8, 4) is 5.69 Å². The molecule has 4 rings (SSSR count). The third-order valence-corrected chi connectivity index (χ3v) is 5.06. The third-order valence-electron chi connectivity index (χ3n) is 5.06. The van der Waals surface area contributed by atoms with Gasteiger partial charge in [-0.15, -0.1) is 5.10 Å². The Hall–Kier alpha value is -3.29. The largest absolute Gasteiger partial charge is 0.461 e. The van der Waals surface area contributed by atoms with Crippen LogP contribution in [0.3, 0.4) is 0 Å². The molecule has 0 aliphatic carbocycles. The second-order valence-corrected chi connectivity index (χ2v) is 6.91. The Morgan fingerprint density at radius 1 is 1.14 bits per heavy atom. The molecule has 8 nitrogen and oxygen atoms in total. The second kappa shape index (κ2) is 8.16. The molecule has 0 radical (unpaired) electrons. The average molecular weight is 379 g/mol. The van der Waals surface area contributed by atoms with E-state index in [1.807, 2.05) is 17.0 Å². The number of Topliss-reactive ketones (excluding diaryl/α,β-unsaturated/α-hetero) is 1. The molecule has 0 saturated carbocycles. The number of rotatable bonds is 5. The summed E-state index contributed by atoms with van der Waals surface area (Å²) in [5.41, 5.74) is 1.28. The molecule has 8 heteroatoms. The first kappa shape index (κ1) is 18.1. The maximum atomic E-state index is 13.3. The molecule has 144 valence electrons. The summed E-state index contributed by atoms with van der Waals surface area (Å²) in [6.45, 7) is 0.643. The number of likely N-dealkylation sites (tertiary alicyclic amines) is 1. The molecule has 1 atom stereocenters. The van der Waals surface area contributed by atoms with Gasteiger partial charge in [-0.05, 0) is 53.6 Å². The fraction of sp³-hybridized carbons (Fsp3) is 0.350. The maximum absolute atomic E-state index is 13.3. The molecular formula is C20H21N5O3. The van der Waals surface area contributed by atoms with E-state index in [1.54, 1.807) is 24.3 Å². The highest BCUT2D eigenvalue weighted by atomic mass is 16.3. The summed E-state index contributed by atoms with van der Waals surface area (Å²) in [5.74, 6) is 0.198. The molecule has 0 N–H and O–H groups in total. The van der Waals surface area contributed by atoms with E-state index in [0.717, 1.165) is 25.7 Å². The summed E-state index contributed by atoms with van der Waals surface area (Å²) in [6.07, 6.45) is 7.05. The van der Waals surface area contributed by atoms with Crippen LogP contribution in [0.5, 0.6) is 0 Å². The number of ketones is 1. The van der Waals surface area contributed by atoms with Gasteiger partial charge in [-0.2, -0.15) is 0 Å². The Labute approximate surface area is 162 Å². The lowest BCUT2D eigenvalue weighted by Gasteiger charge is -2.29. The number of furan rings is 1. The minimum Gasteiger partial charge on any atom is -0.461 e. The van der Waals surface area contributed by atoms with Crippen molar-refractivity contribution in [2.45, 2.75) is 38.1 Å². The topological polar surface area (TPSA) is 94.1 Å². The number of carbonyl (C=O) groups is 2. The maximum Gasteiger partial charge on any atom is 0.254 e. The number of tetrazole rings is 1. The summed E-state index contributed by atoms with van der Waals surface area (Å²) >= 11 is 0. The highest BCUT2D eigenvalue weighted by Gasteiger charge is 2.29. The van der Waals surface area contributed by atoms with Crippen molar-refractivity contribution in [3.63, 3.8) is 0 Å². The molecule has 1 aromatic carbocycles. The molecular weight excluding hydrogens is 358 g/mol. The predicted octanol–water partition coefficient (Wildman–Crippen LogP) is 2.91. The fourth-order valence-electron chi connectivity index (χ4n) is 3.64. The van der Waals surface area contributed by atoms with Crippen LogP contribution in [0.15, 0.2) is 53.4 Å². The fourth-order valence-corrected chi connectivity index (χ4v) is 3.64. The minimum absolute atomic E-state index is 0.0721. The molecule has 1 aliphatic heterocycles. The lowest BCUT2D eigenvalue weighted by atomic mass is 10.0. The van der Waals surface area contributed by atoms with Gasteiger partial charge in [0.15, 0.2) is 11.5 Å². The van der Waals surface area contributed by atoms with Crippen molar-refractivity contribution in [1.82, 2.24) is 25.1 Å². The Morgan fingerprint density at radius 3 is 2.86 bits per heavy atom. The number of amides is 1. The number of benzene rings is 1. The lowest BCUT2D eigenvalue weighted by Crippen LogP contribution is -2.41. The van der Waals surface area contributed by atoms with Crippen LogP contribution < -0.4 is 0 Å². The Kier molecular flexibility index (Phi) is 5.27. The van der Waals surface area contributed by atoms with Crippen molar-refractivity contribution in [2.75, 3.05) is 6.54 Å². The van der Waals surface area contributed by atoms with Crippen molar-refractivity contribution < 1.29 is 14.0 Å². The van der Waals surface area contributed by atoms with Gasteiger partial charge in [0.2, 0.25) is 0 Å². The molecule has 0 bridgehead atoms. The molecule has 1 aliphatic rings. The van der Waals surface area contributed by atoms with Crippen LogP contribution in [0.1, 0.15) is 53.0 Å². The molecule has 0 unspecified atom stereocenters. The monoisotopic (exact) mass is 379 g/mol. The highest BCUT2D eigenvalue weighted by Crippen LogP contribution is 2.24. The zero-order valence-electron chi connectivity index (χ0n) is 15.4. The number of carbonyl (C=O) groups excluding carboxylic acids is 2. The van der Waals surface area contributed by atoms with E-state index in [1.165, 1.54) is 17.3 Å². The standard InChI is InChI=1S/C20H21N5O3/c26-18(19-9-5-11-28-19)13-16-7-2-1-3-10-24(16)20(27)15-6-4-8-17(12-15)25-14-21-22-23-25/h4-6,8-9,11-12,14,16H,1-3,7,10,13H2/t16-/m0/s1. The summed E-state index contributed by atoms with van der Waals surface area (Å²) < 4.78 is 6.74. The third kappa shape index (κ3) is 3.85. The van der Waals surface area contributed by atoms with Crippen LogP contribution in [-0.4, -0.2) is 49.4 Å². The molecule has 1 fully saturated rings. The van der Waals surface area contributed by atoms with Gasteiger partial charge in [-0.3, -0.25) is 9.59 Å². The zero-order chi connectivity index (χ0) is 19.3. The lowest BCUT2D eigenvalue weighted by molar-refractivity contribution is 0.0655. The van der Waals surface area contributed by atoms with Gasteiger partial charge in [0.05, 0.1) is 12.0 Å². The molecule has 28 heavy (non-hydrogen) atoms. The van der Waals surface area contributed by atoms with Crippen LogP contribution in [0.4, 0.5) is 0 Å². The Bertz CT molecular complexity index is 937. The van der Waals surface area contributed by atoms with E-state index in [4.69, 9.17) is 4.42 Å². The van der Waals surface area contributed by atoms with Crippen molar-refractivity contribution in [3.05, 3.63) is 60.3 Å². The Balaban J connectivity index is 1.56. The van der Waals surface area contributed by atoms with Gasteiger partial charge in [-0.25, -0.2) is 4.68 Å². The first-order valence-corrected chi connectivity index (χ1v) is 9.43.